The fourth-order valence-corrected chi connectivity index (χ4v) is 1.71. The van der Waals surface area contributed by atoms with Crippen molar-refractivity contribution in [2.75, 3.05) is 6.54 Å². The Hall–Kier alpha value is -1.57. The van der Waals surface area contributed by atoms with Crippen molar-refractivity contribution in [3.8, 4) is 0 Å². The molecule has 0 aromatic heterocycles. The van der Waals surface area contributed by atoms with Crippen LogP contribution >= 0.6 is 0 Å². The van der Waals surface area contributed by atoms with Crippen molar-refractivity contribution in [3.05, 3.63) is 48.2 Å². The third-order valence-electron chi connectivity index (χ3n) is 2.89. The predicted octanol–water partition coefficient (Wildman–Crippen LogP) is 4.53. The molecular weight excluding hydrogens is 232 g/mol. The SMILES string of the molecule is CCCC/C=C\NC(=NCCCC)c1ccccc1. The van der Waals surface area contributed by atoms with Crippen LogP contribution in [0.4, 0.5) is 0 Å². The molecule has 0 bridgehead atoms. The molecule has 19 heavy (non-hydrogen) atoms. The maximum Gasteiger partial charge on any atom is 0.132 e. The van der Waals surface area contributed by atoms with Crippen LogP contribution < -0.4 is 5.32 Å². The maximum absolute atomic E-state index is 4.66. The highest BCUT2D eigenvalue weighted by atomic mass is 15.0. The van der Waals surface area contributed by atoms with E-state index < -0.39 is 0 Å². The van der Waals surface area contributed by atoms with Crippen LogP contribution in [0.3, 0.4) is 0 Å². The summed E-state index contributed by atoms with van der Waals surface area (Å²) in [7, 11) is 0. The second-order valence-corrected chi connectivity index (χ2v) is 4.64. The van der Waals surface area contributed by atoms with Crippen LogP contribution in [-0.4, -0.2) is 12.4 Å². The van der Waals surface area contributed by atoms with Crippen molar-refractivity contribution < 1.29 is 0 Å². The topological polar surface area (TPSA) is 24.4 Å². The van der Waals surface area contributed by atoms with E-state index in [4.69, 9.17) is 0 Å². The van der Waals surface area contributed by atoms with Crippen molar-refractivity contribution in [1.82, 2.24) is 5.32 Å². The molecule has 0 saturated carbocycles. The van der Waals surface area contributed by atoms with Crippen LogP contribution in [0.25, 0.3) is 0 Å². The Labute approximate surface area is 117 Å². The fourth-order valence-electron chi connectivity index (χ4n) is 1.71. The molecular formula is C17H26N2. The van der Waals surface area contributed by atoms with Gasteiger partial charge in [0.2, 0.25) is 0 Å². The number of amidine groups is 1. The maximum atomic E-state index is 4.66. The van der Waals surface area contributed by atoms with Gasteiger partial charge in [-0.25, -0.2) is 0 Å². The van der Waals surface area contributed by atoms with Gasteiger partial charge in [0.15, 0.2) is 0 Å². The summed E-state index contributed by atoms with van der Waals surface area (Å²) in [6.07, 6.45) is 10.1. The Kier molecular flexibility index (Phi) is 8.45. The lowest BCUT2D eigenvalue weighted by atomic mass is 10.2. The Morgan fingerprint density at radius 2 is 1.84 bits per heavy atom. The highest BCUT2D eigenvalue weighted by Crippen LogP contribution is 2.01. The second-order valence-electron chi connectivity index (χ2n) is 4.64. The van der Waals surface area contributed by atoms with Gasteiger partial charge in [0.05, 0.1) is 0 Å². The predicted molar refractivity (Wildman–Crippen MR) is 84.6 cm³/mol. The largest absolute Gasteiger partial charge is 0.347 e. The summed E-state index contributed by atoms with van der Waals surface area (Å²) in [6, 6.07) is 10.3. The molecule has 1 aromatic carbocycles. The molecule has 0 fully saturated rings. The van der Waals surface area contributed by atoms with E-state index in [2.05, 4.69) is 42.4 Å². The zero-order valence-corrected chi connectivity index (χ0v) is 12.2. The zero-order valence-electron chi connectivity index (χ0n) is 12.2. The minimum absolute atomic E-state index is 0.885. The number of hydrogen-bond donors (Lipinski definition) is 1. The monoisotopic (exact) mass is 258 g/mol. The highest BCUT2D eigenvalue weighted by Gasteiger charge is 1.99. The minimum Gasteiger partial charge on any atom is -0.347 e. The number of aliphatic imine (C=N–C) groups is 1. The molecule has 1 N–H and O–H groups in total. The van der Waals surface area contributed by atoms with Crippen molar-refractivity contribution in [1.29, 1.82) is 0 Å². The molecule has 0 aliphatic carbocycles. The van der Waals surface area contributed by atoms with Crippen LogP contribution in [0.15, 0.2) is 47.6 Å². The van der Waals surface area contributed by atoms with Crippen LogP contribution in [0, 0.1) is 0 Å². The summed E-state index contributed by atoms with van der Waals surface area (Å²) in [5.74, 6) is 0.974. The van der Waals surface area contributed by atoms with E-state index in [1.807, 2.05) is 24.4 Å². The van der Waals surface area contributed by atoms with Crippen LogP contribution in [0.2, 0.25) is 0 Å². The molecule has 0 spiro atoms. The van der Waals surface area contributed by atoms with Gasteiger partial charge in [-0.1, -0.05) is 69.5 Å². The first kappa shape index (κ1) is 15.5. The lowest BCUT2D eigenvalue weighted by molar-refractivity contribution is 0.803. The van der Waals surface area contributed by atoms with E-state index in [0.717, 1.165) is 30.8 Å². The van der Waals surface area contributed by atoms with Gasteiger partial charge in [0.1, 0.15) is 5.84 Å². The van der Waals surface area contributed by atoms with Crippen LogP contribution in [-0.2, 0) is 0 Å². The zero-order chi connectivity index (χ0) is 13.8. The Bertz CT molecular complexity index is 380. The average molecular weight is 258 g/mol. The molecule has 0 heterocycles. The van der Waals surface area contributed by atoms with Crippen molar-refractivity contribution >= 4 is 5.84 Å². The summed E-state index contributed by atoms with van der Waals surface area (Å²) in [6.45, 7) is 5.29. The first-order valence-corrected chi connectivity index (χ1v) is 7.39. The summed E-state index contributed by atoms with van der Waals surface area (Å²) >= 11 is 0. The average Bonchev–Trinajstić information content (AvgIpc) is 2.46. The number of allylic oxidation sites excluding steroid dienone is 1. The Morgan fingerprint density at radius 3 is 2.53 bits per heavy atom. The third kappa shape index (κ3) is 6.80. The molecule has 1 rings (SSSR count). The molecule has 0 unspecified atom stereocenters. The summed E-state index contributed by atoms with van der Waals surface area (Å²) in [5, 5.41) is 3.32. The highest BCUT2D eigenvalue weighted by molar-refractivity contribution is 5.99. The summed E-state index contributed by atoms with van der Waals surface area (Å²) < 4.78 is 0. The van der Waals surface area contributed by atoms with E-state index in [1.54, 1.807) is 0 Å². The third-order valence-corrected chi connectivity index (χ3v) is 2.89. The first-order chi connectivity index (χ1) is 9.38. The lowest BCUT2D eigenvalue weighted by Crippen LogP contribution is -2.19. The number of nitrogens with zero attached hydrogens (tertiary/aromatic N) is 1. The molecule has 1 aromatic rings. The Balaban J connectivity index is 2.60. The van der Waals surface area contributed by atoms with Crippen LogP contribution in [0.5, 0.6) is 0 Å². The van der Waals surface area contributed by atoms with Gasteiger partial charge in [-0.05, 0) is 19.0 Å². The van der Waals surface area contributed by atoms with Gasteiger partial charge in [-0.3, -0.25) is 4.99 Å². The molecule has 0 aliphatic heterocycles. The molecule has 0 radical (unpaired) electrons. The summed E-state index contributed by atoms with van der Waals surface area (Å²) in [5.41, 5.74) is 1.15. The van der Waals surface area contributed by atoms with Crippen molar-refractivity contribution in [2.45, 2.75) is 46.0 Å². The quantitative estimate of drug-likeness (QED) is 0.413. The number of benzene rings is 1. The number of rotatable bonds is 8. The number of hydrogen-bond acceptors (Lipinski definition) is 1. The van der Waals surface area contributed by atoms with Gasteiger partial charge in [0.25, 0.3) is 0 Å². The molecule has 0 saturated heterocycles. The van der Waals surface area contributed by atoms with E-state index in [1.165, 1.54) is 19.3 Å². The van der Waals surface area contributed by atoms with Crippen molar-refractivity contribution in [3.63, 3.8) is 0 Å². The van der Waals surface area contributed by atoms with Gasteiger partial charge in [-0.2, -0.15) is 0 Å². The summed E-state index contributed by atoms with van der Waals surface area (Å²) in [4.78, 5) is 4.66. The number of nitrogens with one attached hydrogen (secondary N) is 1. The van der Waals surface area contributed by atoms with E-state index in [-0.39, 0.29) is 0 Å². The first-order valence-electron chi connectivity index (χ1n) is 7.39. The van der Waals surface area contributed by atoms with Crippen molar-refractivity contribution in [2.24, 2.45) is 4.99 Å². The fraction of sp³-hybridized carbons (Fsp3) is 0.471. The van der Waals surface area contributed by atoms with Gasteiger partial charge >= 0.3 is 0 Å². The van der Waals surface area contributed by atoms with E-state index in [0.29, 0.717) is 0 Å². The van der Waals surface area contributed by atoms with Gasteiger partial charge in [0, 0.05) is 12.1 Å². The molecule has 104 valence electrons. The van der Waals surface area contributed by atoms with Gasteiger partial charge < -0.3 is 5.32 Å². The lowest BCUT2D eigenvalue weighted by Gasteiger charge is -2.06. The van der Waals surface area contributed by atoms with Gasteiger partial charge in [-0.15, -0.1) is 0 Å². The molecule has 2 nitrogen and oxygen atoms in total. The Morgan fingerprint density at radius 1 is 1.11 bits per heavy atom. The molecule has 0 aliphatic rings. The molecule has 0 amide bonds. The molecule has 2 heteroatoms. The minimum atomic E-state index is 0.885. The van der Waals surface area contributed by atoms with E-state index >= 15 is 0 Å². The smallest absolute Gasteiger partial charge is 0.132 e. The standard InChI is InChI=1S/C17H26N2/c1-3-5-7-11-15-19-17(18-14-6-4-2)16-12-9-8-10-13-16/h8-13,15H,3-7,14H2,1-2H3,(H,18,19)/b15-11-. The second kappa shape index (κ2) is 10.4. The molecule has 0 atom stereocenters. The normalized spacial score (nSPS) is 12.0. The number of unbranched alkanes of at least 4 members (excludes halogenated alkanes) is 3. The van der Waals surface area contributed by atoms with Crippen LogP contribution in [0.1, 0.15) is 51.5 Å². The van der Waals surface area contributed by atoms with E-state index in [9.17, 15) is 0 Å².